The van der Waals surface area contributed by atoms with Gasteiger partial charge in [0.15, 0.2) is 0 Å². The molecule has 1 heterocycles. The number of ether oxygens (including phenoxy) is 1. The van der Waals surface area contributed by atoms with Crippen LogP contribution >= 0.6 is 11.3 Å². The van der Waals surface area contributed by atoms with E-state index < -0.39 is 6.10 Å². The van der Waals surface area contributed by atoms with Gasteiger partial charge < -0.3 is 20.5 Å². The minimum absolute atomic E-state index is 0.212. The van der Waals surface area contributed by atoms with Crippen LogP contribution in [0.2, 0.25) is 0 Å². The van der Waals surface area contributed by atoms with Gasteiger partial charge in [0.05, 0.1) is 13.2 Å². The molecule has 5 nitrogen and oxygen atoms in total. The van der Waals surface area contributed by atoms with Crippen LogP contribution in [-0.2, 0) is 6.42 Å². The van der Waals surface area contributed by atoms with Gasteiger partial charge in [-0.05, 0) is 52.9 Å². The smallest absolute Gasteiger partial charge is 0.314 e. The van der Waals surface area contributed by atoms with Gasteiger partial charge in [-0.2, -0.15) is 11.3 Å². The number of aliphatic hydroxyl groups excluding tert-OH is 1. The van der Waals surface area contributed by atoms with Crippen LogP contribution in [-0.4, -0.2) is 31.3 Å². The maximum Gasteiger partial charge on any atom is 0.314 e. The van der Waals surface area contributed by atoms with Crippen molar-refractivity contribution in [2.75, 3.05) is 20.2 Å². The van der Waals surface area contributed by atoms with Gasteiger partial charge in [-0.25, -0.2) is 4.79 Å². The number of aliphatic hydroxyl groups is 1. The van der Waals surface area contributed by atoms with Crippen LogP contribution in [0.1, 0.15) is 23.7 Å². The van der Waals surface area contributed by atoms with E-state index in [0.717, 1.165) is 23.3 Å². The number of methoxy groups -OCH3 is 1. The van der Waals surface area contributed by atoms with E-state index in [4.69, 9.17) is 4.74 Å². The van der Waals surface area contributed by atoms with Crippen molar-refractivity contribution < 1.29 is 14.6 Å². The lowest BCUT2D eigenvalue weighted by atomic mass is 10.1. The molecule has 0 saturated heterocycles. The van der Waals surface area contributed by atoms with Gasteiger partial charge in [0.25, 0.3) is 0 Å². The Labute approximate surface area is 140 Å². The molecule has 0 saturated carbocycles. The molecule has 0 aliphatic carbocycles. The normalized spacial score (nSPS) is 11.7. The summed E-state index contributed by atoms with van der Waals surface area (Å²) < 4.78 is 5.10. The lowest BCUT2D eigenvalue weighted by Gasteiger charge is -2.11. The molecule has 0 aliphatic rings. The second-order valence-electron chi connectivity index (χ2n) is 5.14. The van der Waals surface area contributed by atoms with Gasteiger partial charge in [0.1, 0.15) is 5.75 Å². The van der Waals surface area contributed by atoms with E-state index in [-0.39, 0.29) is 6.03 Å². The Hall–Kier alpha value is -2.05. The fourth-order valence-corrected chi connectivity index (χ4v) is 2.84. The minimum Gasteiger partial charge on any atom is -0.497 e. The van der Waals surface area contributed by atoms with Crippen molar-refractivity contribution in [3.63, 3.8) is 0 Å². The van der Waals surface area contributed by atoms with E-state index in [1.807, 2.05) is 41.1 Å². The molecule has 1 unspecified atom stereocenters. The Bertz CT molecular complexity index is 584. The van der Waals surface area contributed by atoms with Crippen molar-refractivity contribution >= 4 is 17.4 Å². The molecular weight excluding hydrogens is 312 g/mol. The Balaban J connectivity index is 1.59. The van der Waals surface area contributed by atoms with Gasteiger partial charge in [0.2, 0.25) is 0 Å². The first-order valence-corrected chi connectivity index (χ1v) is 8.48. The number of hydrogen-bond donors (Lipinski definition) is 3. The van der Waals surface area contributed by atoms with E-state index in [9.17, 15) is 9.90 Å². The lowest BCUT2D eigenvalue weighted by molar-refractivity contribution is 0.167. The zero-order chi connectivity index (χ0) is 16.5. The van der Waals surface area contributed by atoms with Crippen molar-refractivity contribution in [1.82, 2.24) is 10.6 Å². The summed E-state index contributed by atoms with van der Waals surface area (Å²) in [6, 6.07) is 9.45. The number of benzene rings is 1. The van der Waals surface area contributed by atoms with E-state index in [1.165, 1.54) is 0 Å². The summed E-state index contributed by atoms with van der Waals surface area (Å²) in [6.07, 6.45) is 0.734. The third-order valence-electron chi connectivity index (χ3n) is 3.49. The molecule has 2 rings (SSSR count). The van der Waals surface area contributed by atoms with Crippen LogP contribution in [0.3, 0.4) is 0 Å². The van der Waals surface area contributed by atoms with Crippen LogP contribution in [0.15, 0.2) is 41.1 Å². The lowest BCUT2D eigenvalue weighted by Crippen LogP contribution is -2.37. The molecule has 0 fully saturated rings. The Morgan fingerprint density at radius 1 is 1.22 bits per heavy atom. The van der Waals surface area contributed by atoms with E-state index in [1.54, 1.807) is 18.4 Å². The fourth-order valence-electron chi connectivity index (χ4n) is 2.13. The summed E-state index contributed by atoms with van der Waals surface area (Å²) in [6.45, 7) is 0.997. The van der Waals surface area contributed by atoms with Crippen molar-refractivity contribution in [2.45, 2.75) is 18.9 Å². The van der Waals surface area contributed by atoms with Crippen molar-refractivity contribution in [3.05, 3.63) is 52.2 Å². The molecular formula is C17H22N2O3S. The number of thiophene rings is 1. The number of hydrogen-bond acceptors (Lipinski definition) is 4. The highest BCUT2D eigenvalue weighted by atomic mass is 32.1. The molecule has 1 aromatic heterocycles. The quantitative estimate of drug-likeness (QED) is 0.695. The molecule has 124 valence electrons. The second-order valence-corrected chi connectivity index (χ2v) is 5.92. The predicted molar refractivity (Wildman–Crippen MR) is 92.0 cm³/mol. The first-order valence-electron chi connectivity index (χ1n) is 7.54. The third kappa shape index (κ3) is 5.92. The average molecular weight is 334 g/mol. The number of nitrogens with one attached hydrogen (secondary N) is 2. The average Bonchev–Trinajstić information content (AvgIpc) is 3.10. The van der Waals surface area contributed by atoms with Gasteiger partial charge in [-0.1, -0.05) is 12.1 Å². The third-order valence-corrected chi connectivity index (χ3v) is 4.19. The number of urea groups is 1. The minimum atomic E-state index is -0.527. The molecule has 0 radical (unpaired) electrons. The molecule has 2 aromatic rings. The van der Waals surface area contributed by atoms with Crippen LogP contribution in [0, 0.1) is 0 Å². The highest BCUT2D eigenvalue weighted by molar-refractivity contribution is 7.07. The zero-order valence-electron chi connectivity index (χ0n) is 13.1. The Morgan fingerprint density at radius 3 is 2.61 bits per heavy atom. The van der Waals surface area contributed by atoms with Crippen LogP contribution in [0.4, 0.5) is 4.79 Å². The SMILES string of the molecule is COc1ccc(CCNC(=O)NCCC(O)c2ccsc2)cc1. The summed E-state index contributed by atoms with van der Waals surface area (Å²) in [4.78, 5) is 11.7. The van der Waals surface area contributed by atoms with Crippen molar-refractivity contribution in [2.24, 2.45) is 0 Å². The van der Waals surface area contributed by atoms with Gasteiger partial charge in [-0.3, -0.25) is 0 Å². The van der Waals surface area contributed by atoms with E-state index >= 15 is 0 Å². The first kappa shape index (κ1) is 17.3. The first-order chi connectivity index (χ1) is 11.2. The molecule has 1 atom stereocenters. The summed E-state index contributed by atoms with van der Waals surface area (Å²) in [5.74, 6) is 0.823. The molecule has 0 spiro atoms. The molecule has 2 amide bonds. The van der Waals surface area contributed by atoms with Gasteiger partial charge >= 0.3 is 6.03 Å². The number of carbonyl (C=O) groups is 1. The van der Waals surface area contributed by atoms with Crippen LogP contribution in [0.25, 0.3) is 0 Å². The molecule has 6 heteroatoms. The summed E-state index contributed by atoms with van der Waals surface area (Å²) >= 11 is 1.55. The van der Waals surface area contributed by atoms with E-state index in [2.05, 4.69) is 10.6 Å². The number of carbonyl (C=O) groups excluding carboxylic acids is 1. The molecule has 0 bridgehead atoms. The summed E-state index contributed by atoms with van der Waals surface area (Å²) in [5.41, 5.74) is 2.04. The maximum atomic E-state index is 11.7. The highest BCUT2D eigenvalue weighted by Crippen LogP contribution is 2.18. The topological polar surface area (TPSA) is 70.6 Å². The maximum absolute atomic E-state index is 11.7. The number of amides is 2. The van der Waals surface area contributed by atoms with Gasteiger partial charge in [0, 0.05) is 13.1 Å². The molecule has 0 aliphatic heterocycles. The van der Waals surface area contributed by atoms with Crippen molar-refractivity contribution in [3.8, 4) is 5.75 Å². The number of rotatable bonds is 8. The van der Waals surface area contributed by atoms with Crippen molar-refractivity contribution in [1.29, 1.82) is 0 Å². The molecule has 23 heavy (non-hydrogen) atoms. The van der Waals surface area contributed by atoms with E-state index in [0.29, 0.717) is 19.5 Å². The zero-order valence-corrected chi connectivity index (χ0v) is 13.9. The monoisotopic (exact) mass is 334 g/mol. The van der Waals surface area contributed by atoms with Crippen LogP contribution in [0.5, 0.6) is 5.75 Å². The summed E-state index contributed by atoms with van der Waals surface area (Å²) in [7, 11) is 1.64. The Morgan fingerprint density at radius 2 is 1.96 bits per heavy atom. The molecule has 3 N–H and O–H groups in total. The standard InChI is InChI=1S/C17H22N2O3S/c1-22-15-4-2-13(3-5-15)6-9-18-17(21)19-10-7-16(20)14-8-11-23-12-14/h2-5,8,11-12,16,20H,6-7,9-10H2,1H3,(H2,18,19,21). The summed E-state index contributed by atoms with van der Waals surface area (Å²) in [5, 5.41) is 19.3. The second kappa shape index (κ2) is 9.17. The van der Waals surface area contributed by atoms with Gasteiger partial charge in [-0.15, -0.1) is 0 Å². The fraction of sp³-hybridized carbons (Fsp3) is 0.353. The molecule has 1 aromatic carbocycles. The Kier molecular flexibility index (Phi) is 6.90. The van der Waals surface area contributed by atoms with Crippen LogP contribution < -0.4 is 15.4 Å². The highest BCUT2D eigenvalue weighted by Gasteiger charge is 2.08. The largest absolute Gasteiger partial charge is 0.497 e. The predicted octanol–water partition coefficient (Wildman–Crippen LogP) is 2.72.